The van der Waals surface area contributed by atoms with Gasteiger partial charge in [0.05, 0.1) is 100 Å². The number of aliphatic hydroxyl groups is 3. The Hall–Kier alpha value is -5.79. The molecular weight excluding hydrogens is 964 g/mol. The van der Waals surface area contributed by atoms with Crippen molar-refractivity contribution < 1.29 is 121 Å². The molecule has 4 aromatic rings. The van der Waals surface area contributed by atoms with E-state index < -0.39 is 118 Å². The Morgan fingerprint density at radius 2 is 1.54 bits per heavy atom. The van der Waals surface area contributed by atoms with Crippen molar-refractivity contribution in [2.24, 2.45) is 5.73 Å². The molecule has 0 amide bonds. The van der Waals surface area contributed by atoms with Gasteiger partial charge in [0.15, 0.2) is 27.7 Å². The largest absolute Gasteiger partial charge is 1.00 e. The van der Waals surface area contributed by atoms with Gasteiger partial charge in [-0.3, -0.25) is 14.4 Å². The van der Waals surface area contributed by atoms with Gasteiger partial charge in [-0.15, -0.1) is 0 Å². The number of Topliss-reactive ketones (excluding diaryl/α,β-unsaturated/α-hetero) is 1. The van der Waals surface area contributed by atoms with Crippen LogP contribution >= 0.6 is 0 Å². The van der Waals surface area contributed by atoms with Crippen LogP contribution in [0, 0.1) is 0 Å². The number of ketones is 3. The normalized spacial score (nSPS) is 21.3. The zero-order chi connectivity index (χ0) is 51.4. The minimum atomic E-state index is -3.69. The SMILES string of the molecule is COc1cc(OC)c(/C=C/S(=O)(=O)Cc2ccc(OC)c(NCC(=O)[O-])c2)c(OC)c1.COc1cccc2c1C(=O)c1c(O)c3c(c(O)c1C2=O)C[C@@](O)(C(=O)CO)C[C@@H]3O[C@H]1C[C@H](N)[C@H](O)[C@H](C)O1.[Na+]. The fourth-order valence-corrected chi connectivity index (χ4v) is 9.63. The first-order valence-electron chi connectivity index (χ1n) is 21.5. The van der Waals surface area contributed by atoms with E-state index in [0.29, 0.717) is 39.8 Å². The van der Waals surface area contributed by atoms with Crippen molar-refractivity contribution in [1.82, 2.24) is 0 Å². The van der Waals surface area contributed by atoms with Crippen molar-refractivity contribution in [3.63, 3.8) is 0 Å². The Kier molecular flexibility index (Phi) is 18.3. The molecule has 0 saturated carbocycles. The van der Waals surface area contributed by atoms with Gasteiger partial charge in [-0.25, -0.2) is 8.42 Å². The second kappa shape index (κ2) is 23.2. The quantitative estimate of drug-likeness (QED) is 0.0436. The van der Waals surface area contributed by atoms with E-state index in [2.05, 4.69) is 5.32 Å². The molecule has 21 nitrogen and oxygen atoms in total. The third-order valence-electron chi connectivity index (χ3n) is 12.1. The predicted molar refractivity (Wildman–Crippen MR) is 246 cm³/mol. The number of phenolic OH excluding ortho intramolecular Hbond substituents is 2. The number of aromatic hydroxyl groups is 2. The Morgan fingerprint density at radius 3 is 2.11 bits per heavy atom. The number of carbonyl (C=O) groups is 4. The molecule has 2 aliphatic carbocycles. The number of benzene rings is 4. The van der Waals surface area contributed by atoms with Crippen molar-refractivity contribution >= 4 is 44.9 Å². The molecule has 0 radical (unpaired) electrons. The number of carboxylic acids is 1. The standard InChI is InChI=1S/C27H29NO11.C21H25NO8S.Na/c1-10-22(31)13(28)6-17(38-10)39-15-8-27(36,16(30)9-29)7-12-19(15)26(35)21-20(24(12)33)23(32)11-4-3-5-14(37-2)18(11)25(21)34;1-27-15-10-19(29-3)16(20(11-15)30-4)7-8-31(25,26)13-14-5-6-18(28-2)17(9-14)22-12-21(23)24;/h3-5,10,13,15,17,22,29,31,33,35-36H,6-9,28H2,1-2H3;5-11,22H,12-13H2,1-4H3,(H,23,24);/q;;+1/p-1/b;8-7+;/t10-,13-,15-,17-,22+,27-;;/m0../s1. The molecule has 8 N–H and O–H groups in total. The van der Waals surface area contributed by atoms with Gasteiger partial charge < -0.3 is 79.6 Å². The zero-order valence-electron chi connectivity index (χ0n) is 39.8. The van der Waals surface area contributed by atoms with E-state index in [-0.39, 0.29) is 69.7 Å². The van der Waals surface area contributed by atoms with Crippen LogP contribution in [0.25, 0.3) is 6.08 Å². The number of carboxylic acid groups (broad SMARTS) is 1. The molecule has 0 bridgehead atoms. The number of carbonyl (C=O) groups excluding carboxylic acids is 4. The molecule has 1 heterocycles. The first-order valence-corrected chi connectivity index (χ1v) is 23.2. The van der Waals surface area contributed by atoms with Gasteiger partial charge >= 0.3 is 29.6 Å². The van der Waals surface area contributed by atoms with Gasteiger partial charge in [0.1, 0.15) is 52.5 Å². The predicted octanol–water partition coefficient (Wildman–Crippen LogP) is -1.53. The summed E-state index contributed by atoms with van der Waals surface area (Å²) in [6.45, 7) is 0.119. The maximum Gasteiger partial charge on any atom is 1.00 e. The number of methoxy groups -OCH3 is 5. The van der Waals surface area contributed by atoms with Crippen LogP contribution in [-0.2, 0) is 41.1 Å². The van der Waals surface area contributed by atoms with Crippen LogP contribution in [-0.4, -0.2) is 136 Å². The van der Waals surface area contributed by atoms with Crippen molar-refractivity contribution in [2.75, 3.05) is 54.0 Å². The number of rotatable bonds is 16. The second-order valence-electron chi connectivity index (χ2n) is 16.5. The number of nitrogens with two attached hydrogens (primary N) is 1. The van der Waals surface area contributed by atoms with E-state index in [0.717, 1.165) is 5.41 Å². The number of phenols is 2. The zero-order valence-corrected chi connectivity index (χ0v) is 42.7. The minimum absolute atomic E-state index is 0. The summed E-state index contributed by atoms with van der Waals surface area (Å²) in [5.41, 5.74) is 3.61. The summed E-state index contributed by atoms with van der Waals surface area (Å²) in [6, 6.07) is 11.5. The van der Waals surface area contributed by atoms with Crippen LogP contribution in [0.5, 0.6) is 40.2 Å². The Bertz CT molecular complexity index is 2800. The van der Waals surface area contributed by atoms with Crippen LogP contribution in [0.15, 0.2) is 53.9 Å². The van der Waals surface area contributed by atoms with Crippen molar-refractivity contribution in [3.05, 3.63) is 98.4 Å². The van der Waals surface area contributed by atoms with Gasteiger partial charge in [0, 0.05) is 59.5 Å². The van der Waals surface area contributed by atoms with E-state index in [1.54, 1.807) is 31.2 Å². The summed E-state index contributed by atoms with van der Waals surface area (Å²) in [5, 5.41) is 68.1. The number of nitrogens with one attached hydrogen (secondary N) is 1. The van der Waals surface area contributed by atoms with Crippen LogP contribution in [0.3, 0.4) is 0 Å². The molecule has 1 aliphatic heterocycles. The third kappa shape index (κ3) is 11.8. The molecule has 7 rings (SSSR count). The van der Waals surface area contributed by atoms with Crippen LogP contribution in [0.4, 0.5) is 5.69 Å². The number of hydrogen-bond acceptors (Lipinski definition) is 21. The van der Waals surface area contributed by atoms with E-state index in [9.17, 15) is 58.2 Å². The topological polar surface area (TPSA) is 329 Å². The molecule has 6 atom stereocenters. The monoisotopic (exact) mass is 1020 g/mol. The molecule has 1 fully saturated rings. The number of fused-ring (bicyclic) bond motifs is 3. The molecule has 1 saturated heterocycles. The van der Waals surface area contributed by atoms with Crippen molar-refractivity contribution in [2.45, 2.75) is 68.2 Å². The molecular formula is C48H53N2NaO19S. The van der Waals surface area contributed by atoms with Crippen LogP contribution in [0.1, 0.15) is 80.0 Å². The van der Waals surface area contributed by atoms with Crippen LogP contribution < -0.4 is 69.4 Å². The molecule has 0 spiro atoms. The minimum Gasteiger partial charge on any atom is -0.548 e. The summed E-state index contributed by atoms with van der Waals surface area (Å²) < 4.78 is 63.3. The number of ether oxygens (including phenoxy) is 7. The molecule has 4 aromatic carbocycles. The van der Waals surface area contributed by atoms with Gasteiger partial charge in [0.25, 0.3) is 0 Å². The number of aliphatic hydroxyl groups excluding tert-OH is 2. The van der Waals surface area contributed by atoms with Crippen molar-refractivity contribution in [3.8, 4) is 40.2 Å². The van der Waals surface area contributed by atoms with Crippen molar-refractivity contribution in [1.29, 1.82) is 0 Å². The first kappa shape index (κ1) is 56.1. The smallest absolute Gasteiger partial charge is 0.548 e. The second-order valence-corrected chi connectivity index (χ2v) is 18.4. The van der Waals surface area contributed by atoms with E-state index in [1.807, 2.05) is 0 Å². The Labute approximate surface area is 430 Å². The van der Waals surface area contributed by atoms with E-state index in [1.165, 1.54) is 65.9 Å². The number of anilines is 1. The fourth-order valence-electron chi connectivity index (χ4n) is 8.55. The molecule has 3 aliphatic rings. The Balaban J connectivity index is 0.000000268. The summed E-state index contributed by atoms with van der Waals surface area (Å²) >= 11 is 0. The molecule has 376 valence electrons. The average Bonchev–Trinajstić information content (AvgIpc) is 3.33. The van der Waals surface area contributed by atoms with Crippen LogP contribution in [0.2, 0.25) is 0 Å². The summed E-state index contributed by atoms with van der Waals surface area (Å²) in [4.78, 5) is 50.4. The number of hydrogen-bond donors (Lipinski definition) is 7. The Morgan fingerprint density at radius 1 is 0.901 bits per heavy atom. The average molecular weight is 1020 g/mol. The molecule has 71 heavy (non-hydrogen) atoms. The first-order chi connectivity index (χ1) is 33.1. The number of sulfone groups is 1. The van der Waals surface area contributed by atoms with Gasteiger partial charge in [-0.1, -0.05) is 18.2 Å². The van der Waals surface area contributed by atoms with E-state index >= 15 is 0 Å². The fraction of sp³-hybridized carbons (Fsp3) is 0.375. The van der Waals surface area contributed by atoms with Gasteiger partial charge in [0.2, 0.25) is 5.78 Å². The van der Waals surface area contributed by atoms with Gasteiger partial charge in [-0.05, 0) is 36.8 Å². The summed E-state index contributed by atoms with van der Waals surface area (Å²) in [7, 11) is 3.47. The summed E-state index contributed by atoms with van der Waals surface area (Å²) in [6.07, 6.45) is -3.73. The van der Waals surface area contributed by atoms with E-state index in [4.69, 9.17) is 38.9 Å². The maximum atomic E-state index is 13.6. The molecule has 0 aromatic heterocycles. The maximum absolute atomic E-state index is 13.6. The molecule has 23 heteroatoms. The van der Waals surface area contributed by atoms with Gasteiger partial charge in [-0.2, -0.15) is 0 Å². The molecule has 0 unspecified atom stereocenters. The number of aliphatic carboxylic acids is 1. The third-order valence-corrected chi connectivity index (χ3v) is 13.3. The summed E-state index contributed by atoms with van der Waals surface area (Å²) in [5.74, 6) is -3.72.